The quantitative estimate of drug-likeness (QED) is 0.0858. The molecule has 0 amide bonds. The van der Waals surface area contributed by atoms with Gasteiger partial charge in [-0.05, 0) is 73.4 Å². The Morgan fingerprint density at radius 1 is 0.766 bits per heavy atom. The van der Waals surface area contributed by atoms with Gasteiger partial charge in [-0.25, -0.2) is 0 Å². The first-order valence-corrected chi connectivity index (χ1v) is 19.1. The number of rotatable bonds is 23. The zero-order valence-electron chi connectivity index (χ0n) is 29.6. The first-order chi connectivity index (χ1) is 23.1. The minimum atomic E-state index is -0.340. The third kappa shape index (κ3) is 11.4. The summed E-state index contributed by atoms with van der Waals surface area (Å²) in [7, 11) is 1.66. The van der Waals surface area contributed by atoms with Crippen molar-refractivity contribution in [2.45, 2.75) is 133 Å². The van der Waals surface area contributed by atoms with Crippen LogP contribution in [0.25, 0.3) is 0 Å². The highest BCUT2D eigenvalue weighted by Gasteiger charge is 2.49. The number of thioether (sulfide) groups is 1. The average Bonchev–Trinajstić information content (AvgIpc) is 3.50. The Hall–Kier alpha value is -1.65. The van der Waals surface area contributed by atoms with Crippen LogP contribution in [0, 0.1) is 0 Å². The predicted octanol–water partition coefficient (Wildman–Crippen LogP) is 8.74. The van der Waals surface area contributed by atoms with Gasteiger partial charge in [0.05, 0.1) is 6.61 Å². The van der Waals surface area contributed by atoms with Gasteiger partial charge in [0.1, 0.15) is 36.3 Å². The van der Waals surface area contributed by atoms with Crippen molar-refractivity contribution in [3.63, 3.8) is 0 Å². The zero-order chi connectivity index (χ0) is 33.3. The summed E-state index contributed by atoms with van der Waals surface area (Å²) < 4.78 is 44.8. The van der Waals surface area contributed by atoms with Crippen LogP contribution in [0.4, 0.5) is 0 Å². The summed E-state index contributed by atoms with van der Waals surface area (Å²) in [6.07, 6.45) is 8.67. The van der Waals surface area contributed by atoms with E-state index in [0.29, 0.717) is 38.3 Å². The van der Waals surface area contributed by atoms with Gasteiger partial charge in [0.2, 0.25) is 0 Å². The summed E-state index contributed by atoms with van der Waals surface area (Å²) in [5, 5.41) is 0.428. The molecule has 0 saturated carbocycles. The highest BCUT2D eigenvalue weighted by molar-refractivity contribution is 8.00. The summed E-state index contributed by atoms with van der Waals surface area (Å²) in [5.41, 5.74) is 3.65. The van der Waals surface area contributed by atoms with Gasteiger partial charge < -0.3 is 33.2 Å². The van der Waals surface area contributed by atoms with E-state index in [1.807, 2.05) is 11.8 Å². The maximum absolute atomic E-state index is 7.05. The number of hydrogen-bond acceptors (Lipinski definition) is 8. The van der Waals surface area contributed by atoms with Crippen molar-refractivity contribution < 1.29 is 33.2 Å². The highest BCUT2D eigenvalue weighted by atomic mass is 32.2. The van der Waals surface area contributed by atoms with Crippen molar-refractivity contribution >= 4 is 11.8 Å². The van der Waals surface area contributed by atoms with E-state index >= 15 is 0 Å². The molecule has 8 heteroatoms. The van der Waals surface area contributed by atoms with Gasteiger partial charge in [-0.1, -0.05) is 77.6 Å². The summed E-state index contributed by atoms with van der Waals surface area (Å²) >= 11 is 1.96. The van der Waals surface area contributed by atoms with Gasteiger partial charge in [0.15, 0.2) is 6.79 Å². The molecule has 2 aromatic carbocycles. The van der Waals surface area contributed by atoms with Crippen LogP contribution in [0.1, 0.15) is 102 Å². The molecule has 0 N–H and O–H groups in total. The highest BCUT2D eigenvalue weighted by Crippen LogP contribution is 2.42. The lowest BCUT2D eigenvalue weighted by Gasteiger charge is -2.46. The number of ether oxygens (including phenoxy) is 7. The fourth-order valence-electron chi connectivity index (χ4n) is 6.24. The number of unbranched alkanes of at least 4 members (excludes halogenated alkanes) is 4. The average molecular weight is 673 g/mol. The second-order valence-electron chi connectivity index (χ2n) is 12.8. The lowest BCUT2D eigenvalue weighted by Crippen LogP contribution is -2.58. The largest absolute Gasteiger partial charge is 0.467 e. The van der Waals surface area contributed by atoms with Gasteiger partial charge in [-0.3, -0.25) is 0 Å². The molecular formula is C39H60O7S. The number of hydrogen-bond donors (Lipinski definition) is 0. The molecule has 2 aliphatic rings. The van der Waals surface area contributed by atoms with E-state index in [-0.39, 0.29) is 37.3 Å². The van der Waals surface area contributed by atoms with Crippen LogP contribution >= 0.6 is 11.8 Å². The van der Waals surface area contributed by atoms with Crippen molar-refractivity contribution in [2.24, 2.45) is 0 Å². The molecule has 0 aromatic heterocycles. The van der Waals surface area contributed by atoms with Gasteiger partial charge in [-0.2, -0.15) is 0 Å². The molecule has 0 bridgehead atoms. The normalized spacial score (nSPS) is 24.0. The van der Waals surface area contributed by atoms with Crippen molar-refractivity contribution in [2.75, 3.05) is 46.9 Å². The molecule has 6 atom stereocenters. The standard InChI is InChI=1S/C39H60O7S/c1-6-10-20-41-27-34-37(42-21-11-7-2)39(44-23-13-9-4)38(43-22-12-8-3)36(46-34)30-18-19-33(45-28-40-5)31(24-30)26-32-25-29-16-14-15-17-35(29)47-32/h14-19,24,32,34,36-39H,6-13,20-23,25-28H2,1-5H3/t32?,34?,36?,37-,38+,39+/m1/s1. The second-order valence-corrected chi connectivity index (χ2v) is 14.1. The molecule has 2 aromatic rings. The molecule has 7 nitrogen and oxygen atoms in total. The molecule has 0 radical (unpaired) electrons. The molecule has 0 spiro atoms. The molecule has 0 aliphatic carbocycles. The number of methoxy groups -OCH3 is 1. The molecule has 47 heavy (non-hydrogen) atoms. The van der Waals surface area contributed by atoms with E-state index < -0.39 is 0 Å². The molecule has 3 unspecified atom stereocenters. The van der Waals surface area contributed by atoms with Crippen molar-refractivity contribution in [3.8, 4) is 5.75 Å². The van der Waals surface area contributed by atoms with Crippen LogP contribution in [0.15, 0.2) is 47.4 Å². The van der Waals surface area contributed by atoms with Crippen LogP contribution in [0.5, 0.6) is 5.75 Å². The summed E-state index contributed by atoms with van der Waals surface area (Å²) in [4.78, 5) is 1.38. The first-order valence-electron chi connectivity index (χ1n) is 18.2. The number of benzene rings is 2. The molecule has 1 saturated heterocycles. The molecule has 2 aliphatic heterocycles. The molecular weight excluding hydrogens is 612 g/mol. The van der Waals surface area contributed by atoms with Crippen molar-refractivity contribution in [3.05, 3.63) is 59.2 Å². The van der Waals surface area contributed by atoms with E-state index in [1.165, 1.54) is 10.5 Å². The van der Waals surface area contributed by atoms with Crippen LogP contribution < -0.4 is 4.74 Å². The maximum Gasteiger partial charge on any atom is 0.188 e. The monoisotopic (exact) mass is 672 g/mol. The van der Waals surface area contributed by atoms with Crippen LogP contribution in [0.3, 0.4) is 0 Å². The fraction of sp³-hybridized carbons (Fsp3) is 0.692. The summed E-state index contributed by atoms with van der Waals surface area (Å²) in [6.45, 7) is 12.1. The minimum Gasteiger partial charge on any atom is -0.467 e. The Balaban J connectivity index is 1.68. The second kappa shape index (κ2) is 21.4. The topological polar surface area (TPSA) is 64.6 Å². The maximum atomic E-state index is 7.05. The molecule has 264 valence electrons. The third-order valence-electron chi connectivity index (χ3n) is 8.89. The van der Waals surface area contributed by atoms with Gasteiger partial charge in [0.25, 0.3) is 0 Å². The van der Waals surface area contributed by atoms with Gasteiger partial charge >= 0.3 is 0 Å². The molecule has 4 rings (SSSR count). The third-order valence-corrected chi connectivity index (χ3v) is 10.2. The summed E-state index contributed by atoms with van der Waals surface area (Å²) in [6, 6.07) is 15.2. The van der Waals surface area contributed by atoms with E-state index in [0.717, 1.165) is 81.1 Å². The predicted molar refractivity (Wildman–Crippen MR) is 190 cm³/mol. The van der Waals surface area contributed by atoms with Crippen LogP contribution in [0.2, 0.25) is 0 Å². The lowest BCUT2D eigenvalue weighted by atomic mass is 9.89. The van der Waals surface area contributed by atoms with Crippen LogP contribution in [-0.4, -0.2) is 76.6 Å². The Morgan fingerprint density at radius 2 is 1.43 bits per heavy atom. The Bertz CT molecular complexity index is 1120. The minimum absolute atomic E-state index is 0.203. The van der Waals surface area contributed by atoms with Crippen molar-refractivity contribution in [1.29, 1.82) is 0 Å². The van der Waals surface area contributed by atoms with Crippen LogP contribution in [-0.2, 0) is 41.3 Å². The zero-order valence-corrected chi connectivity index (χ0v) is 30.4. The van der Waals surface area contributed by atoms with E-state index in [4.69, 9.17) is 33.2 Å². The Morgan fingerprint density at radius 3 is 2.11 bits per heavy atom. The SMILES string of the molecule is CCCCOCC1OC(c2ccc(OCOC)c(CC3Cc4ccccc4S3)c2)[C@H](OCCCC)[C@@H](OCCCC)[C@@H]1OCCCC. The molecule has 2 heterocycles. The smallest absolute Gasteiger partial charge is 0.188 e. The first kappa shape index (κ1) is 38.2. The summed E-state index contributed by atoms with van der Waals surface area (Å²) in [5.74, 6) is 0.849. The number of fused-ring (bicyclic) bond motifs is 1. The molecule has 1 fully saturated rings. The van der Waals surface area contributed by atoms with Crippen molar-refractivity contribution in [1.82, 2.24) is 0 Å². The van der Waals surface area contributed by atoms with E-state index in [1.54, 1.807) is 7.11 Å². The fourth-order valence-corrected chi connectivity index (χ4v) is 7.58. The van der Waals surface area contributed by atoms with E-state index in [2.05, 4.69) is 70.2 Å². The van der Waals surface area contributed by atoms with Gasteiger partial charge in [0, 0.05) is 43.7 Å². The Labute approximate surface area is 288 Å². The Kier molecular flexibility index (Phi) is 17.4. The van der Waals surface area contributed by atoms with Gasteiger partial charge in [-0.15, -0.1) is 11.8 Å². The lowest BCUT2D eigenvalue weighted by molar-refractivity contribution is -0.268. The van der Waals surface area contributed by atoms with E-state index in [9.17, 15) is 0 Å².